The molecule has 122 valence electrons. The summed E-state index contributed by atoms with van der Waals surface area (Å²) in [5.41, 5.74) is 9.67. The molecule has 0 atom stereocenters. The fourth-order valence-electron chi connectivity index (χ4n) is 2.38. The van der Waals surface area contributed by atoms with Gasteiger partial charge in [-0.3, -0.25) is 0 Å². The van der Waals surface area contributed by atoms with Crippen LogP contribution < -0.4 is 16.4 Å². The third-order valence-corrected chi connectivity index (χ3v) is 3.86. The van der Waals surface area contributed by atoms with Crippen LogP contribution in [0.5, 0.6) is 0 Å². The first-order chi connectivity index (χ1) is 11.7. The second-order valence-corrected chi connectivity index (χ2v) is 5.69. The van der Waals surface area contributed by atoms with Crippen molar-refractivity contribution in [1.29, 1.82) is 0 Å². The molecule has 1 heterocycles. The number of nitrogens with two attached hydrogens (primary N) is 1. The normalized spacial score (nSPS) is 10.4. The number of rotatable bonds is 5. The van der Waals surface area contributed by atoms with Gasteiger partial charge in [-0.1, -0.05) is 42.8 Å². The van der Waals surface area contributed by atoms with Crippen molar-refractivity contribution in [2.24, 2.45) is 0 Å². The van der Waals surface area contributed by atoms with Gasteiger partial charge in [-0.2, -0.15) is 0 Å². The number of para-hydroxylation sites is 1. The van der Waals surface area contributed by atoms with Crippen molar-refractivity contribution in [3.63, 3.8) is 0 Å². The van der Waals surface area contributed by atoms with Crippen LogP contribution in [-0.2, 0) is 6.42 Å². The smallest absolute Gasteiger partial charge is 0.159 e. The Kier molecular flexibility index (Phi) is 4.82. The molecule has 1 aromatic heterocycles. The summed E-state index contributed by atoms with van der Waals surface area (Å²) >= 11 is 6.01. The summed E-state index contributed by atoms with van der Waals surface area (Å²) in [6, 6.07) is 15.4. The summed E-state index contributed by atoms with van der Waals surface area (Å²) in [7, 11) is 0. The zero-order valence-corrected chi connectivity index (χ0v) is 14.0. The van der Waals surface area contributed by atoms with E-state index in [9.17, 15) is 0 Å². The Balaban J connectivity index is 1.88. The monoisotopic (exact) mass is 339 g/mol. The Morgan fingerprint density at radius 2 is 1.75 bits per heavy atom. The molecule has 6 heteroatoms. The Morgan fingerprint density at radius 1 is 1.00 bits per heavy atom. The van der Waals surface area contributed by atoms with E-state index in [-0.39, 0.29) is 0 Å². The highest BCUT2D eigenvalue weighted by atomic mass is 35.5. The lowest BCUT2D eigenvalue weighted by Crippen LogP contribution is -2.06. The first kappa shape index (κ1) is 16.1. The van der Waals surface area contributed by atoms with Crippen molar-refractivity contribution in [3.05, 3.63) is 65.4 Å². The van der Waals surface area contributed by atoms with E-state index in [2.05, 4.69) is 33.6 Å². The molecular weight excluding hydrogens is 322 g/mol. The first-order valence-electron chi connectivity index (χ1n) is 7.65. The SMILES string of the molecule is CCc1ccccc1Nc1ncnc(Nc2cccc(Cl)c2)c1N. The average Bonchev–Trinajstić information content (AvgIpc) is 2.59. The summed E-state index contributed by atoms with van der Waals surface area (Å²) in [6.45, 7) is 2.11. The van der Waals surface area contributed by atoms with Crippen LogP contribution in [-0.4, -0.2) is 9.97 Å². The summed E-state index contributed by atoms with van der Waals surface area (Å²) in [5.74, 6) is 1.10. The maximum atomic E-state index is 6.23. The molecule has 0 bridgehead atoms. The van der Waals surface area contributed by atoms with Gasteiger partial charge in [-0.05, 0) is 36.2 Å². The van der Waals surface area contributed by atoms with E-state index >= 15 is 0 Å². The van der Waals surface area contributed by atoms with Crippen molar-refractivity contribution in [2.45, 2.75) is 13.3 Å². The van der Waals surface area contributed by atoms with E-state index in [1.165, 1.54) is 11.9 Å². The summed E-state index contributed by atoms with van der Waals surface area (Å²) < 4.78 is 0. The molecule has 0 saturated carbocycles. The quantitative estimate of drug-likeness (QED) is 0.624. The Bertz CT molecular complexity index is 850. The van der Waals surface area contributed by atoms with Crippen molar-refractivity contribution in [2.75, 3.05) is 16.4 Å². The molecule has 0 fully saturated rings. The minimum Gasteiger partial charge on any atom is -0.393 e. The fraction of sp³-hybridized carbons (Fsp3) is 0.111. The predicted molar refractivity (Wildman–Crippen MR) is 100 cm³/mol. The average molecular weight is 340 g/mol. The zero-order valence-electron chi connectivity index (χ0n) is 13.3. The maximum absolute atomic E-state index is 6.23. The molecule has 4 N–H and O–H groups in total. The molecule has 5 nitrogen and oxygen atoms in total. The third kappa shape index (κ3) is 3.58. The number of nitrogen functional groups attached to an aromatic ring is 1. The van der Waals surface area contributed by atoms with Gasteiger partial charge >= 0.3 is 0 Å². The molecule has 0 radical (unpaired) electrons. The highest BCUT2D eigenvalue weighted by molar-refractivity contribution is 6.30. The third-order valence-electron chi connectivity index (χ3n) is 3.62. The number of hydrogen-bond donors (Lipinski definition) is 3. The van der Waals surface area contributed by atoms with Gasteiger partial charge in [0.25, 0.3) is 0 Å². The first-order valence-corrected chi connectivity index (χ1v) is 8.03. The van der Waals surface area contributed by atoms with Gasteiger partial charge < -0.3 is 16.4 Å². The number of benzene rings is 2. The van der Waals surface area contributed by atoms with E-state index in [1.54, 1.807) is 0 Å². The lowest BCUT2D eigenvalue weighted by atomic mass is 10.1. The number of aryl methyl sites for hydroxylation is 1. The highest BCUT2D eigenvalue weighted by Crippen LogP contribution is 2.29. The molecule has 0 amide bonds. The number of halogens is 1. The zero-order chi connectivity index (χ0) is 16.9. The lowest BCUT2D eigenvalue weighted by Gasteiger charge is -2.14. The number of aromatic nitrogens is 2. The van der Waals surface area contributed by atoms with Crippen LogP contribution in [0, 0.1) is 0 Å². The fourth-order valence-corrected chi connectivity index (χ4v) is 2.57. The number of nitrogens with one attached hydrogen (secondary N) is 2. The number of anilines is 5. The molecule has 2 aromatic carbocycles. The van der Waals surface area contributed by atoms with Gasteiger partial charge in [0.1, 0.15) is 12.0 Å². The van der Waals surface area contributed by atoms with Crippen LogP contribution in [0.15, 0.2) is 54.9 Å². The minimum atomic E-state index is 0.448. The predicted octanol–water partition coefficient (Wildman–Crippen LogP) is 4.76. The van der Waals surface area contributed by atoms with Crippen LogP contribution in [0.3, 0.4) is 0 Å². The van der Waals surface area contributed by atoms with Crippen molar-refractivity contribution in [3.8, 4) is 0 Å². The van der Waals surface area contributed by atoms with E-state index in [0.29, 0.717) is 22.3 Å². The molecule has 0 aliphatic rings. The second kappa shape index (κ2) is 7.19. The largest absolute Gasteiger partial charge is 0.393 e. The van der Waals surface area contributed by atoms with E-state index in [1.807, 2.05) is 42.5 Å². The maximum Gasteiger partial charge on any atom is 0.159 e. The number of hydrogen-bond acceptors (Lipinski definition) is 5. The van der Waals surface area contributed by atoms with Gasteiger partial charge in [0.05, 0.1) is 0 Å². The molecule has 0 aliphatic heterocycles. The molecule has 0 aliphatic carbocycles. The Labute approximate surface area is 145 Å². The highest BCUT2D eigenvalue weighted by Gasteiger charge is 2.10. The molecule has 24 heavy (non-hydrogen) atoms. The van der Waals surface area contributed by atoms with Gasteiger partial charge in [0, 0.05) is 16.4 Å². The van der Waals surface area contributed by atoms with Gasteiger partial charge in [0.2, 0.25) is 0 Å². The topological polar surface area (TPSA) is 75.9 Å². The van der Waals surface area contributed by atoms with Crippen molar-refractivity contribution >= 4 is 40.3 Å². The second-order valence-electron chi connectivity index (χ2n) is 5.26. The van der Waals surface area contributed by atoms with Crippen LogP contribution in [0.25, 0.3) is 0 Å². The van der Waals surface area contributed by atoms with Crippen molar-refractivity contribution in [1.82, 2.24) is 9.97 Å². The van der Waals surface area contributed by atoms with E-state index in [0.717, 1.165) is 17.8 Å². The Morgan fingerprint density at radius 3 is 2.50 bits per heavy atom. The molecule has 3 aromatic rings. The van der Waals surface area contributed by atoms with Crippen LogP contribution in [0.1, 0.15) is 12.5 Å². The lowest BCUT2D eigenvalue weighted by molar-refractivity contribution is 1.13. The molecule has 0 saturated heterocycles. The van der Waals surface area contributed by atoms with Crippen LogP contribution in [0.4, 0.5) is 28.7 Å². The number of nitrogens with zero attached hydrogens (tertiary/aromatic N) is 2. The molecular formula is C18H18ClN5. The van der Waals surface area contributed by atoms with Crippen LogP contribution >= 0.6 is 11.6 Å². The molecule has 0 unspecified atom stereocenters. The molecule has 0 spiro atoms. The van der Waals surface area contributed by atoms with E-state index in [4.69, 9.17) is 17.3 Å². The van der Waals surface area contributed by atoms with Crippen molar-refractivity contribution < 1.29 is 0 Å². The summed E-state index contributed by atoms with van der Waals surface area (Å²) in [5, 5.41) is 7.10. The van der Waals surface area contributed by atoms with Crippen LogP contribution in [0.2, 0.25) is 5.02 Å². The summed E-state index contributed by atoms with van der Waals surface area (Å²) in [6.07, 6.45) is 2.39. The summed E-state index contributed by atoms with van der Waals surface area (Å²) in [4.78, 5) is 8.47. The molecule has 3 rings (SSSR count). The van der Waals surface area contributed by atoms with Gasteiger partial charge in [0.15, 0.2) is 11.6 Å². The van der Waals surface area contributed by atoms with Gasteiger partial charge in [-0.25, -0.2) is 9.97 Å². The Hall–Kier alpha value is -2.79. The van der Waals surface area contributed by atoms with E-state index < -0.39 is 0 Å². The minimum absolute atomic E-state index is 0.448. The van der Waals surface area contributed by atoms with Gasteiger partial charge in [-0.15, -0.1) is 0 Å². The standard InChI is InChI=1S/C18H18ClN5/c1-2-12-6-3-4-9-15(12)24-18-16(20)17(21-11-22-18)23-14-8-5-7-13(19)10-14/h3-11H,2,20H2,1H3,(H2,21,22,23,24).